The molecule has 1 unspecified atom stereocenters. The summed E-state index contributed by atoms with van der Waals surface area (Å²) in [4.78, 5) is 17.0. The van der Waals surface area contributed by atoms with Crippen molar-refractivity contribution in [3.05, 3.63) is 36.4 Å². The minimum Gasteiger partial charge on any atom is -0.355 e. The van der Waals surface area contributed by atoms with Crippen molar-refractivity contribution >= 4 is 17.4 Å². The summed E-state index contributed by atoms with van der Waals surface area (Å²) in [6.45, 7) is 4.05. The third-order valence-corrected chi connectivity index (χ3v) is 5.77. The molecule has 2 aromatic rings. The number of likely N-dealkylation sites (tertiary alicyclic amines) is 1. The molecule has 1 aromatic carbocycles. The first-order chi connectivity index (χ1) is 13.7. The van der Waals surface area contributed by atoms with Crippen molar-refractivity contribution in [2.24, 2.45) is 5.92 Å². The molecule has 6 nitrogen and oxygen atoms in total. The SMILES string of the molecule is CN1CCCC(C(=O)Nc2ccc(-c3ccc(N4CCCCC4)nn3)cc2)C1. The van der Waals surface area contributed by atoms with Gasteiger partial charge < -0.3 is 15.1 Å². The average molecular weight is 380 g/mol. The van der Waals surface area contributed by atoms with E-state index in [1.165, 1.54) is 19.3 Å². The first-order valence-electron chi connectivity index (χ1n) is 10.4. The molecule has 0 saturated carbocycles. The fourth-order valence-corrected chi connectivity index (χ4v) is 4.12. The highest BCUT2D eigenvalue weighted by Gasteiger charge is 2.23. The maximum absolute atomic E-state index is 12.5. The number of nitrogens with zero attached hydrogens (tertiary/aromatic N) is 4. The number of anilines is 2. The second-order valence-corrected chi connectivity index (χ2v) is 7.99. The lowest BCUT2D eigenvalue weighted by Gasteiger charge is -2.28. The summed E-state index contributed by atoms with van der Waals surface area (Å²) >= 11 is 0. The van der Waals surface area contributed by atoms with Gasteiger partial charge in [-0.05, 0) is 70.0 Å². The van der Waals surface area contributed by atoms with Crippen molar-refractivity contribution in [1.82, 2.24) is 15.1 Å². The Kier molecular flexibility index (Phi) is 5.86. The first-order valence-corrected chi connectivity index (χ1v) is 10.4. The Morgan fingerprint density at radius 1 is 0.964 bits per heavy atom. The van der Waals surface area contributed by atoms with E-state index in [2.05, 4.69) is 38.4 Å². The molecule has 1 N–H and O–H groups in total. The molecule has 0 aliphatic carbocycles. The van der Waals surface area contributed by atoms with E-state index in [1.807, 2.05) is 30.3 Å². The summed E-state index contributed by atoms with van der Waals surface area (Å²) in [6.07, 6.45) is 5.82. The van der Waals surface area contributed by atoms with E-state index in [9.17, 15) is 4.79 Å². The third-order valence-electron chi connectivity index (χ3n) is 5.77. The highest BCUT2D eigenvalue weighted by Crippen LogP contribution is 2.23. The summed E-state index contributed by atoms with van der Waals surface area (Å²) in [6, 6.07) is 12.0. The quantitative estimate of drug-likeness (QED) is 0.882. The van der Waals surface area contributed by atoms with Gasteiger partial charge in [-0.2, -0.15) is 0 Å². The molecular formula is C22H29N5O. The lowest BCUT2D eigenvalue weighted by Crippen LogP contribution is -2.38. The van der Waals surface area contributed by atoms with Gasteiger partial charge in [0, 0.05) is 30.9 Å². The van der Waals surface area contributed by atoms with Crippen LogP contribution in [0, 0.1) is 5.92 Å². The van der Waals surface area contributed by atoms with Gasteiger partial charge in [-0.15, -0.1) is 10.2 Å². The zero-order valence-corrected chi connectivity index (χ0v) is 16.6. The third kappa shape index (κ3) is 4.50. The van der Waals surface area contributed by atoms with E-state index in [-0.39, 0.29) is 11.8 Å². The Morgan fingerprint density at radius 3 is 2.43 bits per heavy atom. The Hall–Kier alpha value is -2.47. The highest BCUT2D eigenvalue weighted by atomic mass is 16.1. The molecule has 1 aromatic heterocycles. The van der Waals surface area contributed by atoms with Crippen molar-refractivity contribution in [3.63, 3.8) is 0 Å². The Bertz CT molecular complexity index is 784. The highest BCUT2D eigenvalue weighted by molar-refractivity contribution is 5.93. The number of aromatic nitrogens is 2. The molecule has 2 aliphatic rings. The molecule has 3 heterocycles. The van der Waals surface area contributed by atoms with Crippen LogP contribution in [0.1, 0.15) is 32.1 Å². The largest absolute Gasteiger partial charge is 0.355 e. The van der Waals surface area contributed by atoms with Crippen LogP contribution >= 0.6 is 0 Å². The Labute approximate surface area is 166 Å². The van der Waals surface area contributed by atoms with Crippen molar-refractivity contribution < 1.29 is 4.79 Å². The van der Waals surface area contributed by atoms with Gasteiger partial charge in [0.15, 0.2) is 5.82 Å². The number of benzene rings is 1. The molecule has 0 radical (unpaired) electrons. The van der Waals surface area contributed by atoms with Crippen molar-refractivity contribution in [3.8, 4) is 11.3 Å². The van der Waals surface area contributed by atoms with Gasteiger partial charge in [0.05, 0.1) is 11.6 Å². The van der Waals surface area contributed by atoms with Gasteiger partial charge in [0.1, 0.15) is 0 Å². The Balaban J connectivity index is 1.38. The summed E-state index contributed by atoms with van der Waals surface area (Å²) in [7, 11) is 2.08. The van der Waals surface area contributed by atoms with Gasteiger partial charge in [0.2, 0.25) is 5.91 Å². The molecule has 2 aliphatic heterocycles. The average Bonchev–Trinajstić information content (AvgIpc) is 2.75. The van der Waals surface area contributed by atoms with Crippen LogP contribution in [0.2, 0.25) is 0 Å². The van der Waals surface area contributed by atoms with Crippen LogP contribution in [-0.4, -0.2) is 54.2 Å². The van der Waals surface area contributed by atoms with E-state index in [0.29, 0.717) is 0 Å². The van der Waals surface area contributed by atoms with Crippen LogP contribution in [0.4, 0.5) is 11.5 Å². The number of piperidine rings is 2. The van der Waals surface area contributed by atoms with Crippen molar-refractivity contribution in [2.75, 3.05) is 43.4 Å². The minimum absolute atomic E-state index is 0.0756. The molecule has 1 amide bonds. The van der Waals surface area contributed by atoms with E-state index < -0.39 is 0 Å². The first kappa shape index (κ1) is 18.9. The number of hydrogen-bond acceptors (Lipinski definition) is 5. The van der Waals surface area contributed by atoms with Crippen LogP contribution in [-0.2, 0) is 4.79 Å². The van der Waals surface area contributed by atoms with Gasteiger partial charge in [-0.25, -0.2) is 0 Å². The summed E-state index contributed by atoms with van der Waals surface area (Å²) in [5, 5.41) is 11.9. The zero-order valence-electron chi connectivity index (χ0n) is 16.6. The minimum atomic E-state index is 0.0756. The fraction of sp³-hybridized carbons (Fsp3) is 0.500. The zero-order chi connectivity index (χ0) is 19.3. The predicted molar refractivity (Wildman–Crippen MR) is 112 cm³/mol. The number of amides is 1. The molecule has 1 atom stereocenters. The van der Waals surface area contributed by atoms with E-state index in [0.717, 1.165) is 61.8 Å². The molecule has 0 bridgehead atoms. The second-order valence-electron chi connectivity index (χ2n) is 7.99. The topological polar surface area (TPSA) is 61.4 Å². The van der Waals surface area contributed by atoms with Gasteiger partial charge in [0.25, 0.3) is 0 Å². The van der Waals surface area contributed by atoms with Crippen LogP contribution < -0.4 is 10.2 Å². The Morgan fingerprint density at radius 2 is 1.75 bits per heavy atom. The molecule has 0 spiro atoms. The maximum Gasteiger partial charge on any atom is 0.228 e. The van der Waals surface area contributed by atoms with Gasteiger partial charge in [-0.3, -0.25) is 4.79 Å². The number of hydrogen-bond donors (Lipinski definition) is 1. The van der Waals surface area contributed by atoms with E-state index >= 15 is 0 Å². The summed E-state index contributed by atoms with van der Waals surface area (Å²) < 4.78 is 0. The van der Waals surface area contributed by atoms with Crippen LogP contribution in [0.25, 0.3) is 11.3 Å². The van der Waals surface area contributed by atoms with E-state index in [1.54, 1.807) is 0 Å². The van der Waals surface area contributed by atoms with Crippen LogP contribution in [0.5, 0.6) is 0 Å². The van der Waals surface area contributed by atoms with Crippen LogP contribution in [0.3, 0.4) is 0 Å². The fourth-order valence-electron chi connectivity index (χ4n) is 4.12. The lowest BCUT2D eigenvalue weighted by molar-refractivity contribution is -0.121. The number of carbonyl (C=O) groups is 1. The maximum atomic E-state index is 12.5. The van der Waals surface area contributed by atoms with Gasteiger partial charge in [-0.1, -0.05) is 12.1 Å². The van der Waals surface area contributed by atoms with Gasteiger partial charge >= 0.3 is 0 Å². The van der Waals surface area contributed by atoms with Crippen LogP contribution in [0.15, 0.2) is 36.4 Å². The molecular weight excluding hydrogens is 350 g/mol. The van der Waals surface area contributed by atoms with E-state index in [4.69, 9.17) is 0 Å². The second kappa shape index (κ2) is 8.69. The number of nitrogens with one attached hydrogen (secondary N) is 1. The van der Waals surface area contributed by atoms with Crippen molar-refractivity contribution in [2.45, 2.75) is 32.1 Å². The summed E-state index contributed by atoms with van der Waals surface area (Å²) in [5.74, 6) is 1.15. The normalized spacial score (nSPS) is 20.8. The molecule has 2 saturated heterocycles. The molecule has 28 heavy (non-hydrogen) atoms. The predicted octanol–water partition coefficient (Wildman–Crippen LogP) is 3.41. The molecule has 148 valence electrons. The standard InChI is InChI=1S/C22H29N5O/c1-26-13-5-6-18(16-26)22(28)23-19-9-7-17(8-10-19)20-11-12-21(25-24-20)27-14-3-2-4-15-27/h7-12,18H,2-6,13-16H2,1H3,(H,23,28). The lowest BCUT2D eigenvalue weighted by atomic mass is 9.97. The number of carbonyl (C=O) groups excluding carboxylic acids is 1. The summed E-state index contributed by atoms with van der Waals surface area (Å²) in [5.41, 5.74) is 2.69. The molecule has 4 rings (SSSR count). The number of rotatable bonds is 4. The van der Waals surface area contributed by atoms with Crippen molar-refractivity contribution in [1.29, 1.82) is 0 Å². The molecule has 2 fully saturated rings. The smallest absolute Gasteiger partial charge is 0.228 e. The monoisotopic (exact) mass is 379 g/mol. The molecule has 6 heteroatoms.